The van der Waals surface area contributed by atoms with Gasteiger partial charge in [0.25, 0.3) is 0 Å². The van der Waals surface area contributed by atoms with Gasteiger partial charge in [-0.2, -0.15) is 0 Å². The lowest BCUT2D eigenvalue weighted by atomic mass is 10.7. The highest BCUT2D eigenvalue weighted by Gasteiger charge is 1.84. The van der Waals surface area contributed by atoms with Gasteiger partial charge in [-0.05, 0) is 12.3 Å². The number of thioether (sulfide) groups is 1. The van der Waals surface area contributed by atoms with Gasteiger partial charge in [0.15, 0.2) is 5.16 Å². The van der Waals surface area contributed by atoms with Crippen LogP contribution in [-0.2, 0) is 0 Å². The van der Waals surface area contributed by atoms with Gasteiger partial charge in [-0.3, -0.25) is 0 Å². The van der Waals surface area contributed by atoms with Gasteiger partial charge >= 0.3 is 0 Å². The molecule has 42 valence electrons. The Morgan fingerprint density at radius 1 is 1.38 bits per heavy atom. The highest BCUT2D eigenvalue weighted by Crippen LogP contribution is 2.03. The summed E-state index contributed by atoms with van der Waals surface area (Å²) in [6.07, 6.45) is 5.42. The van der Waals surface area contributed by atoms with Gasteiger partial charge in [0, 0.05) is 12.4 Å². The van der Waals surface area contributed by atoms with E-state index in [-0.39, 0.29) is 0 Å². The van der Waals surface area contributed by atoms with Gasteiger partial charge in [-0.1, -0.05) is 11.8 Å². The Morgan fingerprint density at radius 2 is 2.00 bits per heavy atom. The second kappa shape index (κ2) is 2.67. The van der Waals surface area contributed by atoms with Gasteiger partial charge < -0.3 is 0 Å². The number of nitrogens with zero attached hydrogens (tertiary/aromatic N) is 2. The lowest BCUT2D eigenvalue weighted by Crippen LogP contribution is -1.79. The van der Waals surface area contributed by atoms with Crippen LogP contribution in [0.3, 0.4) is 0 Å². The molecule has 0 saturated carbocycles. The molecule has 0 N–H and O–H groups in total. The molecule has 1 aromatic rings. The molecular formula is C5H6N2S. The van der Waals surface area contributed by atoms with Crippen molar-refractivity contribution in [3.05, 3.63) is 18.5 Å². The molecule has 0 aliphatic carbocycles. The number of hydrogen-bond donors (Lipinski definition) is 0. The predicted molar refractivity (Wildman–Crippen MR) is 33.8 cm³/mol. The second-order valence-electron chi connectivity index (χ2n) is 1.24. The maximum absolute atomic E-state index is 3.95. The Labute approximate surface area is 52.4 Å². The Balaban J connectivity index is 2.83. The van der Waals surface area contributed by atoms with Gasteiger partial charge in [0.2, 0.25) is 0 Å². The summed E-state index contributed by atoms with van der Waals surface area (Å²) in [6, 6.07) is 1.81. The molecular weight excluding hydrogens is 120 g/mol. The molecule has 1 aromatic heterocycles. The first-order valence-electron chi connectivity index (χ1n) is 2.24. The van der Waals surface area contributed by atoms with Crippen molar-refractivity contribution in [2.24, 2.45) is 0 Å². The molecule has 1 rings (SSSR count). The summed E-state index contributed by atoms with van der Waals surface area (Å²) in [6.45, 7) is 0. The predicted octanol–water partition coefficient (Wildman–Crippen LogP) is 1.20. The van der Waals surface area contributed by atoms with Crippen LogP contribution in [0.2, 0.25) is 0 Å². The van der Waals surface area contributed by atoms with Crippen molar-refractivity contribution >= 4 is 11.8 Å². The number of hydrogen-bond acceptors (Lipinski definition) is 3. The molecule has 2 nitrogen and oxygen atoms in total. The van der Waals surface area contributed by atoms with E-state index in [1.807, 2.05) is 6.26 Å². The van der Waals surface area contributed by atoms with Gasteiger partial charge in [-0.25, -0.2) is 9.97 Å². The molecule has 0 fully saturated rings. The second-order valence-corrected chi connectivity index (χ2v) is 2.01. The highest BCUT2D eigenvalue weighted by molar-refractivity contribution is 7.98. The third kappa shape index (κ3) is 1.20. The smallest absolute Gasteiger partial charge is 0.187 e. The average Bonchev–Trinajstić information content (AvgIpc) is 1.90. The Morgan fingerprint density at radius 3 is 2.38 bits per heavy atom. The van der Waals surface area contributed by atoms with Crippen LogP contribution >= 0.6 is 11.8 Å². The monoisotopic (exact) mass is 126 g/mol. The van der Waals surface area contributed by atoms with E-state index in [4.69, 9.17) is 0 Å². The van der Waals surface area contributed by atoms with Crippen LogP contribution in [0.4, 0.5) is 0 Å². The van der Waals surface area contributed by atoms with Crippen LogP contribution in [0.25, 0.3) is 0 Å². The van der Waals surface area contributed by atoms with Gasteiger partial charge in [0.1, 0.15) is 0 Å². The summed E-state index contributed by atoms with van der Waals surface area (Å²) in [4.78, 5) is 7.90. The van der Waals surface area contributed by atoms with Crippen LogP contribution in [0.15, 0.2) is 23.6 Å². The topological polar surface area (TPSA) is 25.8 Å². The average molecular weight is 126 g/mol. The molecule has 0 aliphatic heterocycles. The quantitative estimate of drug-likeness (QED) is 0.417. The lowest BCUT2D eigenvalue weighted by molar-refractivity contribution is 0.970. The minimum absolute atomic E-state index is 0.826. The standard InChI is InChI=1S/C5H6N2S/c1-8-5-6-3-2-4-7-5/h2-4H,1H3. The summed E-state index contributed by atoms with van der Waals surface area (Å²) < 4.78 is 0. The molecule has 8 heavy (non-hydrogen) atoms. The van der Waals surface area contributed by atoms with Crippen molar-refractivity contribution in [3.63, 3.8) is 0 Å². The lowest BCUT2D eigenvalue weighted by Gasteiger charge is -1.87. The zero-order chi connectivity index (χ0) is 5.82. The van der Waals surface area contributed by atoms with Crippen molar-refractivity contribution in [3.8, 4) is 0 Å². The summed E-state index contributed by atoms with van der Waals surface area (Å²) in [7, 11) is 0. The highest BCUT2D eigenvalue weighted by atomic mass is 32.2. The molecule has 1 heterocycles. The summed E-state index contributed by atoms with van der Waals surface area (Å²) >= 11 is 1.55. The van der Waals surface area contributed by atoms with Crippen molar-refractivity contribution in [2.75, 3.05) is 6.26 Å². The fourth-order valence-electron chi connectivity index (χ4n) is 0.391. The minimum Gasteiger partial charge on any atom is -0.231 e. The molecule has 0 saturated heterocycles. The Hall–Kier alpha value is -0.570. The van der Waals surface area contributed by atoms with E-state index in [1.54, 1.807) is 30.2 Å². The first kappa shape index (κ1) is 5.56. The maximum atomic E-state index is 3.95. The van der Waals surface area contributed by atoms with Gasteiger partial charge in [-0.15, -0.1) is 0 Å². The van der Waals surface area contributed by atoms with Crippen LogP contribution in [0, 0.1) is 0 Å². The molecule has 0 bridgehead atoms. The zero-order valence-corrected chi connectivity index (χ0v) is 5.35. The molecule has 0 atom stereocenters. The summed E-state index contributed by atoms with van der Waals surface area (Å²) in [5, 5.41) is 0.826. The van der Waals surface area contributed by atoms with E-state index in [1.165, 1.54) is 0 Å². The van der Waals surface area contributed by atoms with Crippen LogP contribution in [0.1, 0.15) is 0 Å². The van der Waals surface area contributed by atoms with E-state index >= 15 is 0 Å². The molecule has 3 heteroatoms. The summed E-state index contributed by atoms with van der Waals surface area (Å²) in [5.74, 6) is 0. The van der Waals surface area contributed by atoms with E-state index in [0.717, 1.165) is 5.16 Å². The first-order chi connectivity index (χ1) is 3.93. The third-order valence-electron chi connectivity index (χ3n) is 0.725. The van der Waals surface area contributed by atoms with Crippen molar-refractivity contribution in [2.45, 2.75) is 5.16 Å². The largest absolute Gasteiger partial charge is 0.231 e. The maximum Gasteiger partial charge on any atom is 0.187 e. The molecule has 0 aromatic carbocycles. The molecule has 0 aliphatic rings. The zero-order valence-electron chi connectivity index (χ0n) is 4.53. The normalized spacial score (nSPS) is 9.12. The summed E-state index contributed by atoms with van der Waals surface area (Å²) in [5.41, 5.74) is 0. The third-order valence-corrected chi connectivity index (χ3v) is 1.30. The fraction of sp³-hybridized carbons (Fsp3) is 0.200. The molecule has 0 unspecified atom stereocenters. The van der Waals surface area contributed by atoms with E-state index in [9.17, 15) is 0 Å². The van der Waals surface area contributed by atoms with Crippen LogP contribution < -0.4 is 0 Å². The fourth-order valence-corrected chi connectivity index (χ4v) is 0.723. The first-order valence-corrected chi connectivity index (χ1v) is 3.47. The molecule has 0 spiro atoms. The van der Waals surface area contributed by atoms with E-state index in [0.29, 0.717) is 0 Å². The van der Waals surface area contributed by atoms with Crippen LogP contribution in [-0.4, -0.2) is 16.2 Å². The van der Waals surface area contributed by atoms with E-state index < -0.39 is 0 Å². The molecule has 0 amide bonds. The minimum atomic E-state index is 0.826. The number of aromatic nitrogens is 2. The Kier molecular flexibility index (Phi) is 1.86. The van der Waals surface area contributed by atoms with Crippen molar-refractivity contribution in [1.82, 2.24) is 9.97 Å². The number of rotatable bonds is 1. The molecule has 0 radical (unpaired) electrons. The van der Waals surface area contributed by atoms with Crippen molar-refractivity contribution < 1.29 is 0 Å². The van der Waals surface area contributed by atoms with Gasteiger partial charge in [0.05, 0.1) is 0 Å². The van der Waals surface area contributed by atoms with Crippen molar-refractivity contribution in [1.29, 1.82) is 0 Å². The van der Waals surface area contributed by atoms with E-state index in [2.05, 4.69) is 9.97 Å². The Bertz CT molecular complexity index is 152. The van der Waals surface area contributed by atoms with Crippen LogP contribution in [0.5, 0.6) is 0 Å². The SMILES string of the molecule is CSc1ncccn1.